The molecule has 0 saturated heterocycles. The molecule has 0 saturated carbocycles. The summed E-state index contributed by atoms with van der Waals surface area (Å²) in [6, 6.07) is 0. The molecule has 0 unspecified atom stereocenters. The van der Waals surface area contributed by atoms with Crippen LogP contribution in [0.15, 0.2) is 0 Å². The van der Waals surface area contributed by atoms with Crippen molar-refractivity contribution < 1.29 is 14.3 Å². The van der Waals surface area contributed by atoms with Gasteiger partial charge in [0.25, 0.3) is 0 Å². The van der Waals surface area contributed by atoms with Crippen LogP contribution in [0.5, 0.6) is 0 Å². The standard InChI is InChI=1S/C11H16N2O3S/c1-4-7-8(5-2)17-11(12-7)13-9(14)10(15)16-6-3/h4-6H2,1-3H3,(H,12,13,14). The number of aromatic nitrogens is 1. The molecule has 0 aliphatic carbocycles. The Bertz CT molecular complexity index is 393. The van der Waals surface area contributed by atoms with Gasteiger partial charge in [-0.3, -0.25) is 10.1 Å². The van der Waals surface area contributed by atoms with Crippen LogP contribution in [0.25, 0.3) is 0 Å². The predicted octanol–water partition coefficient (Wildman–Crippen LogP) is 1.77. The Morgan fingerprint density at radius 2 is 2.00 bits per heavy atom. The highest BCUT2D eigenvalue weighted by Crippen LogP contribution is 2.23. The van der Waals surface area contributed by atoms with E-state index in [1.807, 2.05) is 13.8 Å². The van der Waals surface area contributed by atoms with E-state index in [0.29, 0.717) is 5.13 Å². The van der Waals surface area contributed by atoms with Gasteiger partial charge in [-0.1, -0.05) is 13.8 Å². The number of amides is 1. The van der Waals surface area contributed by atoms with Crippen LogP contribution in [0, 0.1) is 0 Å². The highest BCUT2D eigenvalue weighted by molar-refractivity contribution is 7.16. The Labute approximate surface area is 104 Å². The highest BCUT2D eigenvalue weighted by Gasteiger charge is 2.17. The van der Waals surface area contributed by atoms with Crippen molar-refractivity contribution in [3.63, 3.8) is 0 Å². The normalized spacial score (nSPS) is 10.1. The Morgan fingerprint density at radius 1 is 1.29 bits per heavy atom. The average molecular weight is 256 g/mol. The van der Waals surface area contributed by atoms with Crippen LogP contribution in [-0.4, -0.2) is 23.5 Å². The maximum atomic E-state index is 11.4. The summed E-state index contributed by atoms with van der Waals surface area (Å²) in [5.41, 5.74) is 0.969. The quantitative estimate of drug-likeness (QED) is 0.658. The minimum atomic E-state index is -0.876. The molecule has 1 rings (SSSR count). The first-order valence-electron chi connectivity index (χ1n) is 5.58. The lowest BCUT2D eigenvalue weighted by Crippen LogP contribution is -2.24. The minimum absolute atomic E-state index is 0.185. The smallest absolute Gasteiger partial charge is 0.397 e. The molecule has 0 fully saturated rings. The van der Waals surface area contributed by atoms with Crippen molar-refractivity contribution >= 4 is 28.3 Å². The molecule has 1 aromatic heterocycles. The van der Waals surface area contributed by atoms with Gasteiger partial charge in [0, 0.05) is 4.88 Å². The van der Waals surface area contributed by atoms with Crippen LogP contribution in [0.3, 0.4) is 0 Å². The first-order chi connectivity index (χ1) is 8.12. The number of anilines is 1. The Kier molecular flexibility index (Phi) is 5.09. The summed E-state index contributed by atoms with van der Waals surface area (Å²) in [5, 5.41) is 2.91. The van der Waals surface area contributed by atoms with Crippen molar-refractivity contribution in [1.82, 2.24) is 4.98 Å². The number of ether oxygens (including phenoxy) is 1. The number of nitrogens with one attached hydrogen (secondary N) is 1. The van der Waals surface area contributed by atoms with Crippen molar-refractivity contribution in [1.29, 1.82) is 0 Å². The topological polar surface area (TPSA) is 68.3 Å². The largest absolute Gasteiger partial charge is 0.459 e. The van der Waals surface area contributed by atoms with Gasteiger partial charge in [-0.05, 0) is 19.8 Å². The van der Waals surface area contributed by atoms with Crippen molar-refractivity contribution in [2.24, 2.45) is 0 Å². The van der Waals surface area contributed by atoms with Gasteiger partial charge in [0.15, 0.2) is 5.13 Å². The minimum Gasteiger partial charge on any atom is -0.459 e. The van der Waals surface area contributed by atoms with Gasteiger partial charge in [-0.15, -0.1) is 11.3 Å². The van der Waals surface area contributed by atoms with E-state index in [1.165, 1.54) is 11.3 Å². The lowest BCUT2D eigenvalue weighted by molar-refractivity contribution is -0.152. The molecule has 94 valence electrons. The van der Waals surface area contributed by atoms with E-state index in [-0.39, 0.29) is 6.61 Å². The van der Waals surface area contributed by atoms with E-state index in [1.54, 1.807) is 6.92 Å². The fourth-order valence-electron chi connectivity index (χ4n) is 1.33. The predicted molar refractivity (Wildman–Crippen MR) is 66.1 cm³/mol. The zero-order valence-electron chi connectivity index (χ0n) is 10.2. The first kappa shape index (κ1) is 13.6. The molecule has 6 heteroatoms. The number of thiazole rings is 1. The first-order valence-corrected chi connectivity index (χ1v) is 6.40. The molecule has 0 aliphatic rings. The maximum Gasteiger partial charge on any atom is 0.397 e. The van der Waals surface area contributed by atoms with Crippen LogP contribution in [0.1, 0.15) is 31.3 Å². The number of hydrogen-bond acceptors (Lipinski definition) is 5. The van der Waals surface area contributed by atoms with Crippen LogP contribution >= 0.6 is 11.3 Å². The summed E-state index contributed by atoms with van der Waals surface area (Å²) < 4.78 is 4.59. The Balaban J connectivity index is 2.71. The molecule has 1 amide bonds. The monoisotopic (exact) mass is 256 g/mol. The van der Waals surface area contributed by atoms with Gasteiger partial charge in [0.05, 0.1) is 12.3 Å². The molecular weight excluding hydrogens is 240 g/mol. The summed E-state index contributed by atoms with van der Waals surface area (Å²) in [6.07, 6.45) is 1.69. The number of nitrogens with zero attached hydrogens (tertiary/aromatic N) is 1. The highest BCUT2D eigenvalue weighted by atomic mass is 32.1. The van der Waals surface area contributed by atoms with Crippen LogP contribution in [0.4, 0.5) is 5.13 Å². The van der Waals surface area contributed by atoms with Crippen molar-refractivity contribution in [3.8, 4) is 0 Å². The van der Waals surface area contributed by atoms with E-state index < -0.39 is 11.9 Å². The Hall–Kier alpha value is -1.43. The van der Waals surface area contributed by atoms with Gasteiger partial charge in [0.1, 0.15) is 0 Å². The number of rotatable bonds is 4. The van der Waals surface area contributed by atoms with E-state index in [4.69, 9.17) is 0 Å². The fourth-order valence-corrected chi connectivity index (χ4v) is 2.32. The van der Waals surface area contributed by atoms with E-state index in [2.05, 4.69) is 15.0 Å². The molecule has 0 spiro atoms. The second-order valence-electron chi connectivity index (χ2n) is 3.27. The fraction of sp³-hybridized carbons (Fsp3) is 0.545. The van der Waals surface area contributed by atoms with Gasteiger partial charge in [0.2, 0.25) is 0 Å². The molecule has 0 atom stereocenters. The molecule has 0 aliphatic heterocycles. The number of carbonyl (C=O) groups is 2. The number of carbonyl (C=O) groups excluding carboxylic acids is 2. The second kappa shape index (κ2) is 6.34. The molecule has 17 heavy (non-hydrogen) atoms. The molecule has 0 bridgehead atoms. The number of aryl methyl sites for hydroxylation is 2. The molecular formula is C11H16N2O3S. The second-order valence-corrected chi connectivity index (χ2v) is 4.35. The van der Waals surface area contributed by atoms with Gasteiger partial charge in [-0.25, -0.2) is 9.78 Å². The number of hydrogen-bond donors (Lipinski definition) is 1. The van der Waals surface area contributed by atoms with Crippen LogP contribution in [-0.2, 0) is 27.2 Å². The van der Waals surface area contributed by atoms with Crippen molar-refractivity contribution in [2.75, 3.05) is 11.9 Å². The van der Waals surface area contributed by atoms with Gasteiger partial charge < -0.3 is 4.74 Å². The summed E-state index contributed by atoms with van der Waals surface area (Å²) in [4.78, 5) is 27.9. The molecule has 1 N–H and O–H groups in total. The zero-order valence-corrected chi connectivity index (χ0v) is 11.0. The van der Waals surface area contributed by atoms with E-state index in [0.717, 1.165) is 23.4 Å². The third-order valence-electron chi connectivity index (χ3n) is 2.12. The van der Waals surface area contributed by atoms with Gasteiger partial charge in [-0.2, -0.15) is 0 Å². The summed E-state index contributed by atoms with van der Waals surface area (Å²) in [7, 11) is 0. The lowest BCUT2D eigenvalue weighted by Gasteiger charge is -2.00. The summed E-state index contributed by atoms with van der Waals surface area (Å²) >= 11 is 1.40. The average Bonchev–Trinajstić information content (AvgIpc) is 2.71. The third kappa shape index (κ3) is 3.52. The molecule has 1 heterocycles. The molecule has 5 nitrogen and oxygen atoms in total. The van der Waals surface area contributed by atoms with E-state index in [9.17, 15) is 9.59 Å². The van der Waals surface area contributed by atoms with Crippen molar-refractivity contribution in [2.45, 2.75) is 33.6 Å². The Morgan fingerprint density at radius 3 is 2.47 bits per heavy atom. The third-order valence-corrected chi connectivity index (χ3v) is 3.27. The SMILES string of the molecule is CCOC(=O)C(=O)Nc1nc(CC)c(CC)s1. The van der Waals surface area contributed by atoms with Crippen LogP contribution in [0.2, 0.25) is 0 Å². The van der Waals surface area contributed by atoms with Gasteiger partial charge >= 0.3 is 11.9 Å². The maximum absolute atomic E-state index is 11.4. The zero-order chi connectivity index (χ0) is 12.8. The molecule has 1 aromatic rings. The molecule has 0 radical (unpaired) electrons. The van der Waals surface area contributed by atoms with Crippen molar-refractivity contribution in [3.05, 3.63) is 10.6 Å². The summed E-state index contributed by atoms with van der Waals surface area (Å²) in [5.74, 6) is -1.65. The van der Waals surface area contributed by atoms with Crippen LogP contribution < -0.4 is 5.32 Å². The summed E-state index contributed by atoms with van der Waals surface area (Å²) in [6.45, 7) is 5.87. The number of esters is 1. The molecule has 0 aromatic carbocycles. The lowest BCUT2D eigenvalue weighted by atomic mass is 10.2. The van der Waals surface area contributed by atoms with E-state index >= 15 is 0 Å².